The van der Waals surface area contributed by atoms with Gasteiger partial charge in [-0.15, -0.1) is 0 Å². The van der Waals surface area contributed by atoms with Gasteiger partial charge in [-0.3, -0.25) is 4.90 Å². The van der Waals surface area contributed by atoms with Crippen molar-refractivity contribution in [2.24, 2.45) is 5.84 Å². The first-order valence-corrected chi connectivity index (χ1v) is 7.51. The second kappa shape index (κ2) is 6.85. The summed E-state index contributed by atoms with van der Waals surface area (Å²) in [6.45, 7) is 10.8. The molecular weight excluding hydrogens is 252 g/mol. The van der Waals surface area contributed by atoms with Gasteiger partial charge in [0.15, 0.2) is 0 Å². The minimum absolute atomic E-state index is 0.549. The number of hydrogen-bond acceptors (Lipinski definition) is 6. The molecule has 1 aromatic rings. The maximum atomic E-state index is 5.52. The SMILES string of the molecule is CCCc1nc(NN)cc(N2CCN(CC)C(C)C2)n1. The van der Waals surface area contributed by atoms with E-state index in [1.54, 1.807) is 0 Å². The van der Waals surface area contributed by atoms with E-state index < -0.39 is 0 Å². The minimum Gasteiger partial charge on any atom is -0.354 e. The van der Waals surface area contributed by atoms with Crippen LogP contribution in [0.3, 0.4) is 0 Å². The summed E-state index contributed by atoms with van der Waals surface area (Å²) in [4.78, 5) is 13.9. The fraction of sp³-hybridized carbons (Fsp3) is 0.714. The molecule has 0 spiro atoms. The van der Waals surface area contributed by atoms with Crippen molar-refractivity contribution < 1.29 is 0 Å². The van der Waals surface area contributed by atoms with Crippen molar-refractivity contribution in [1.82, 2.24) is 14.9 Å². The van der Waals surface area contributed by atoms with Gasteiger partial charge in [-0.25, -0.2) is 15.8 Å². The van der Waals surface area contributed by atoms with Gasteiger partial charge < -0.3 is 10.3 Å². The number of rotatable bonds is 5. The van der Waals surface area contributed by atoms with Gasteiger partial charge in [0.25, 0.3) is 0 Å². The molecule has 0 aromatic carbocycles. The molecule has 1 atom stereocenters. The molecule has 2 rings (SSSR count). The third-order valence-electron chi connectivity index (χ3n) is 3.88. The van der Waals surface area contributed by atoms with Crippen LogP contribution in [0.25, 0.3) is 0 Å². The molecule has 0 saturated carbocycles. The molecule has 0 radical (unpaired) electrons. The third-order valence-corrected chi connectivity index (χ3v) is 3.88. The van der Waals surface area contributed by atoms with Crippen molar-refractivity contribution >= 4 is 11.6 Å². The summed E-state index contributed by atoms with van der Waals surface area (Å²) in [5, 5.41) is 0. The van der Waals surface area contributed by atoms with Gasteiger partial charge >= 0.3 is 0 Å². The maximum absolute atomic E-state index is 5.52. The average molecular weight is 278 g/mol. The smallest absolute Gasteiger partial charge is 0.145 e. The van der Waals surface area contributed by atoms with Gasteiger partial charge in [-0.2, -0.15) is 0 Å². The Hall–Kier alpha value is -1.40. The lowest BCUT2D eigenvalue weighted by Gasteiger charge is -2.40. The van der Waals surface area contributed by atoms with Crippen LogP contribution in [0, 0.1) is 0 Å². The van der Waals surface area contributed by atoms with Crippen molar-refractivity contribution in [3.8, 4) is 0 Å². The van der Waals surface area contributed by atoms with E-state index in [0.29, 0.717) is 11.9 Å². The van der Waals surface area contributed by atoms with Crippen LogP contribution in [0.5, 0.6) is 0 Å². The predicted octanol–water partition coefficient (Wildman–Crippen LogP) is 1.25. The predicted molar refractivity (Wildman–Crippen MR) is 82.8 cm³/mol. The lowest BCUT2D eigenvalue weighted by molar-refractivity contribution is 0.199. The Morgan fingerprint density at radius 3 is 2.75 bits per heavy atom. The number of nitrogens with two attached hydrogens (primary N) is 1. The lowest BCUT2D eigenvalue weighted by Crippen LogP contribution is -2.52. The zero-order valence-electron chi connectivity index (χ0n) is 12.8. The molecule has 1 aliphatic heterocycles. The highest BCUT2D eigenvalue weighted by atomic mass is 15.3. The monoisotopic (exact) mass is 278 g/mol. The van der Waals surface area contributed by atoms with E-state index in [4.69, 9.17) is 5.84 Å². The van der Waals surface area contributed by atoms with Crippen molar-refractivity contribution in [1.29, 1.82) is 0 Å². The molecule has 3 N–H and O–H groups in total. The second-order valence-corrected chi connectivity index (χ2v) is 5.35. The van der Waals surface area contributed by atoms with Crippen LogP contribution in [0.15, 0.2) is 6.07 Å². The molecule has 20 heavy (non-hydrogen) atoms. The Bertz CT molecular complexity index is 436. The lowest BCUT2D eigenvalue weighted by atomic mass is 10.2. The fourth-order valence-electron chi connectivity index (χ4n) is 2.73. The van der Waals surface area contributed by atoms with Gasteiger partial charge in [0.05, 0.1) is 0 Å². The van der Waals surface area contributed by atoms with Gasteiger partial charge in [0, 0.05) is 38.2 Å². The van der Waals surface area contributed by atoms with Crippen LogP contribution >= 0.6 is 0 Å². The van der Waals surface area contributed by atoms with Crippen LogP contribution in [-0.2, 0) is 6.42 Å². The van der Waals surface area contributed by atoms with Gasteiger partial charge in [-0.1, -0.05) is 13.8 Å². The van der Waals surface area contributed by atoms with Gasteiger partial charge in [0.2, 0.25) is 0 Å². The van der Waals surface area contributed by atoms with Crippen molar-refractivity contribution in [3.63, 3.8) is 0 Å². The molecule has 1 fully saturated rings. The molecule has 1 unspecified atom stereocenters. The molecule has 0 bridgehead atoms. The van der Waals surface area contributed by atoms with E-state index in [2.05, 4.69) is 46.0 Å². The number of hydrazine groups is 1. The summed E-state index contributed by atoms with van der Waals surface area (Å²) in [6, 6.07) is 2.49. The Labute approximate surface area is 121 Å². The van der Waals surface area contributed by atoms with E-state index in [0.717, 1.165) is 50.7 Å². The number of likely N-dealkylation sites (N-methyl/N-ethyl adjacent to an activating group) is 1. The maximum Gasteiger partial charge on any atom is 0.145 e. The summed E-state index contributed by atoms with van der Waals surface area (Å²) in [5.74, 6) is 8.06. The first kappa shape index (κ1) is 15.0. The normalized spacial score (nSPS) is 20.2. The number of nitrogens with one attached hydrogen (secondary N) is 1. The fourth-order valence-corrected chi connectivity index (χ4v) is 2.73. The Balaban J connectivity index is 2.17. The number of aryl methyl sites for hydroxylation is 1. The summed E-state index contributed by atoms with van der Waals surface area (Å²) in [7, 11) is 0. The van der Waals surface area contributed by atoms with E-state index in [9.17, 15) is 0 Å². The first-order chi connectivity index (χ1) is 9.67. The van der Waals surface area contributed by atoms with Crippen LogP contribution in [0.4, 0.5) is 11.6 Å². The third kappa shape index (κ3) is 3.37. The van der Waals surface area contributed by atoms with Crippen LogP contribution in [0.2, 0.25) is 0 Å². The summed E-state index contributed by atoms with van der Waals surface area (Å²) < 4.78 is 0. The van der Waals surface area contributed by atoms with E-state index in [1.165, 1.54) is 0 Å². The summed E-state index contributed by atoms with van der Waals surface area (Å²) in [5.41, 5.74) is 2.65. The molecule has 1 saturated heterocycles. The second-order valence-electron chi connectivity index (χ2n) is 5.35. The summed E-state index contributed by atoms with van der Waals surface area (Å²) >= 11 is 0. The van der Waals surface area contributed by atoms with Crippen molar-refractivity contribution in [2.75, 3.05) is 36.5 Å². The van der Waals surface area contributed by atoms with Crippen molar-refractivity contribution in [3.05, 3.63) is 11.9 Å². The quantitative estimate of drug-likeness (QED) is 0.624. The molecule has 1 aliphatic rings. The topological polar surface area (TPSA) is 70.3 Å². The zero-order chi connectivity index (χ0) is 14.5. The average Bonchev–Trinajstić information content (AvgIpc) is 2.47. The zero-order valence-corrected chi connectivity index (χ0v) is 12.8. The standard InChI is InChI=1S/C14H26N6/c1-4-6-12-16-13(18-15)9-14(17-12)20-8-7-19(5-2)11(3)10-20/h9,11H,4-8,10,15H2,1-3H3,(H,16,17,18). The number of aromatic nitrogens is 2. The molecule has 1 aromatic heterocycles. The molecule has 6 nitrogen and oxygen atoms in total. The Morgan fingerprint density at radius 1 is 1.35 bits per heavy atom. The highest BCUT2D eigenvalue weighted by molar-refractivity contribution is 5.49. The molecule has 0 amide bonds. The Morgan fingerprint density at radius 2 is 2.15 bits per heavy atom. The number of piperazine rings is 1. The number of anilines is 2. The summed E-state index contributed by atoms with van der Waals surface area (Å²) in [6.07, 6.45) is 1.92. The van der Waals surface area contributed by atoms with E-state index >= 15 is 0 Å². The van der Waals surface area contributed by atoms with Crippen LogP contribution in [-0.4, -0.2) is 47.1 Å². The largest absolute Gasteiger partial charge is 0.354 e. The molecule has 6 heteroatoms. The molecule has 112 valence electrons. The van der Waals surface area contributed by atoms with Crippen LogP contribution in [0.1, 0.15) is 33.0 Å². The molecule has 2 heterocycles. The highest BCUT2D eigenvalue weighted by Crippen LogP contribution is 2.20. The minimum atomic E-state index is 0.549. The highest BCUT2D eigenvalue weighted by Gasteiger charge is 2.23. The first-order valence-electron chi connectivity index (χ1n) is 7.51. The number of hydrogen-bond donors (Lipinski definition) is 2. The van der Waals surface area contributed by atoms with Gasteiger partial charge in [0.1, 0.15) is 17.5 Å². The molecule has 0 aliphatic carbocycles. The number of nitrogen functional groups attached to an aromatic ring is 1. The van der Waals surface area contributed by atoms with Crippen LogP contribution < -0.4 is 16.2 Å². The van der Waals surface area contributed by atoms with Gasteiger partial charge in [-0.05, 0) is 19.9 Å². The van der Waals surface area contributed by atoms with E-state index in [-0.39, 0.29) is 0 Å². The number of nitrogens with zero attached hydrogens (tertiary/aromatic N) is 4. The van der Waals surface area contributed by atoms with E-state index in [1.807, 2.05) is 6.07 Å². The van der Waals surface area contributed by atoms with Crippen molar-refractivity contribution in [2.45, 2.75) is 39.7 Å². The molecular formula is C14H26N6. The Kier molecular flexibility index (Phi) is 5.14.